The van der Waals surface area contributed by atoms with Gasteiger partial charge in [0.05, 0.1) is 22.5 Å². The zero-order valence-electron chi connectivity index (χ0n) is 7.27. The lowest BCUT2D eigenvalue weighted by Crippen LogP contribution is -2.27. The molecule has 3 rings (SSSR count). The predicted octanol–water partition coefficient (Wildman–Crippen LogP) is 1.35. The second-order valence-corrected chi connectivity index (χ2v) is 3.15. The first kappa shape index (κ1) is 7.32. The minimum atomic E-state index is 0.649. The molecule has 0 atom stereocenters. The topological polar surface area (TPSA) is 55.6 Å². The Morgan fingerprint density at radius 1 is 1.29 bits per heavy atom. The number of hydrogen-bond donors (Lipinski definition) is 1. The third-order valence-corrected chi connectivity index (χ3v) is 2.32. The molecule has 1 N–H and O–H groups in total. The lowest BCUT2D eigenvalue weighted by atomic mass is 10.2. The molecule has 14 heavy (non-hydrogen) atoms. The highest BCUT2D eigenvalue weighted by Gasteiger charge is 2.10. The zero-order valence-corrected chi connectivity index (χ0v) is 7.27. The van der Waals surface area contributed by atoms with Gasteiger partial charge in [-0.3, -0.25) is 4.98 Å². The average Bonchev–Trinajstić information content (AvgIpc) is 2.61. The molecule has 68 valence electrons. The fraction of sp³-hybridized carbons (Fsp3) is 0. The summed E-state index contributed by atoms with van der Waals surface area (Å²) >= 11 is 0. The van der Waals surface area contributed by atoms with Crippen LogP contribution in [0.2, 0.25) is 0 Å². The van der Waals surface area contributed by atoms with Gasteiger partial charge in [-0.15, -0.1) is 0 Å². The molecule has 0 spiro atoms. The van der Waals surface area contributed by atoms with Crippen LogP contribution in [0.4, 0.5) is 0 Å². The van der Waals surface area contributed by atoms with E-state index in [1.807, 2.05) is 24.3 Å². The Labute approximate surface area is 79.4 Å². The zero-order chi connectivity index (χ0) is 9.54. The minimum Gasteiger partial charge on any atom is -0.596 e. The molecule has 0 saturated carbocycles. The van der Waals surface area contributed by atoms with Gasteiger partial charge in [0.25, 0.3) is 5.52 Å². The van der Waals surface area contributed by atoms with E-state index in [0.29, 0.717) is 5.52 Å². The standard InChI is InChI=1S/C10H7N3O/c14-13-10-7(6-12-13)5-11-9-4-2-1-3-8(9)10/h1-6,12H. The van der Waals surface area contributed by atoms with Crippen LogP contribution in [-0.2, 0) is 0 Å². The number of H-pyrrole nitrogens is 1. The van der Waals surface area contributed by atoms with Crippen LogP contribution in [0.15, 0.2) is 36.7 Å². The van der Waals surface area contributed by atoms with Gasteiger partial charge in [0.15, 0.2) is 0 Å². The fourth-order valence-electron chi connectivity index (χ4n) is 1.67. The third kappa shape index (κ3) is 0.821. The summed E-state index contributed by atoms with van der Waals surface area (Å²) in [5.41, 5.74) is 1.49. The van der Waals surface area contributed by atoms with E-state index in [1.165, 1.54) is 0 Å². The van der Waals surface area contributed by atoms with Crippen molar-refractivity contribution < 1.29 is 4.85 Å². The highest BCUT2D eigenvalue weighted by Crippen LogP contribution is 2.19. The van der Waals surface area contributed by atoms with Crippen molar-refractivity contribution in [2.45, 2.75) is 0 Å². The summed E-state index contributed by atoms with van der Waals surface area (Å²) in [7, 11) is 0. The molecule has 2 heterocycles. The molecule has 0 fully saturated rings. The summed E-state index contributed by atoms with van der Waals surface area (Å²) in [6, 6.07) is 7.59. The van der Waals surface area contributed by atoms with E-state index in [9.17, 15) is 5.21 Å². The first-order chi connectivity index (χ1) is 6.86. The highest BCUT2D eigenvalue weighted by molar-refractivity contribution is 6.00. The van der Waals surface area contributed by atoms with E-state index in [-0.39, 0.29) is 0 Å². The van der Waals surface area contributed by atoms with E-state index in [1.54, 1.807) is 12.4 Å². The minimum absolute atomic E-state index is 0.649. The summed E-state index contributed by atoms with van der Waals surface area (Å²) in [5, 5.41) is 15.7. The lowest BCUT2D eigenvalue weighted by molar-refractivity contribution is -0.638. The van der Waals surface area contributed by atoms with Crippen LogP contribution in [0.3, 0.4) is 0 Å². The summed E-state index contributed by atoms with van der Waals surface area (Å²) in [5.74, 6) is 0. The predicted molar refractivity (Wildman–Crippen MR) is 52.6 cm³/mol. The second-order valence-electron chi connectivity index (χ2n) is 3.15. The van der Waals surface area contributed by atoms with Crippen LogP contribution in [0, 0.1) is 5.21 Å². The SMILES string of the molecule is [O-][n+]1[nH]cc2cnc3ccccc3c21. The number of pyridine rings is 1. The number of hydrogen-bond acceptors (Lipinski definition) is 2. The molecule has 0 saturated heterocycles. The quantitative estimate of drug-likeness (QED) is 0.424. The maximum Gasteiger partial charge on any atom is 0.262 e. The largest absolute Gasteiger partial charge is 0.596 e. The molecule has 0 aliphatic heterocycles. The van der Waals surface area contributed by atoms with Crippen molar-refractivity contribution in [3.8, 4) is 0 Å². The van der Waals surface area contributed by atoms with E-state index >= 15 is 0 Å². The lowest BCUT2D eigenvalue weighted by Gasteiger charge is -1.96. The van der Waals surface area contributed by atoms with Crippen LogP contribution in [0.5, 0.6) is 0 Å². The average molecular weight is 185 g/mol. The van der Waals surface area contributed by atoms with E-state index in [4.69, 9.17) is 0 Å². The molecule has 0 unspecified atom stereocenters. The molecule has 0 amide bonds. The van der Waals surface area contributed by atoms with Gasteiger partial charge in [0.2, 0.25) is 0 Å². The molecule has 3 aromatic rings. The summed E-state index contributed by atoms with van der Waals surface area (Å²) in [6.45, 7) is 0. The number of fused-ring (bicyclic) bond motifs is 3. The first-order valence-electron chi connectivity index (χ1n) is 4.30. The van der Waals surface area contributed by atoms with Crippen molar-refractivity contribution in [3.63, 3.8) is 0 Å². The van der Waals surface area contributed by atoms with Crippen molar-refractivity contribution >= 4 is 21.8 Å². The van der Waals surface area contributed by atoms with Gasteiger partial charge in [0.1, 0.15) is 0 Å². The Bertz CT molecular complexity index is 615. The number of aromatic nitrogens is 3. The van der Waals surface area contributed by atoms with Crippen molar-refractivity contribution in [3.05, 3.63) is 41.9 Å². The van der Waals surface area contributed by atoms with Gasteiger partial charge < -0.3 is 5.21 Å². The van der Waals surface area contributed by atoms with Crippen LogP contribution < -0.4 is 4.85 Å². The molecular formula is C10H7N3O. The molecule has 4 nitrogen and oxygen atoms in total. The Morgan fingerprint density at radius 2 is 2.14 bits per heavy atom. The van der Waals surface area contributed by atoms with E-state index in [0.717, 1.165) is 21.1 Å². The first-order valence-corrected chi connectivity index (χ1v) is 4.30. The molecule has 0 aliphatic carbocycles. The Hall–Kier alpha value is -2.10. The normalized spacial score (nSPS) is 11.1. The maximum absolute atomic E-state index is 11.4. The fourth-order valence-corrected chi connectivity index (χ4v) is 1.67. The smallest absolute Gasteiger partial charge is 0.262 e. The van der Waals surface area contributed by atoms with Crippen LogP contribution in [-0.4, -0.2) is 10.1 Å². The molecule has 4 heteroatoms. The molecule has 2 aromatic heterocycles. The van der Waals surface area contributed by atoms with Crippen LogP contribution >= 0.6 is 0 Å². The Kier molecular flexibility index (Phi) is 1.28. The Morgan fingerprint density at radius 3 is 3.07 bits per heavy atom. The monoisotopic (exact) mass is 185 g/mol. The van der Waals surface area contributed by atoms with Crippen LogP contribution in [0.1, 0.15) is 0 Å². The van der Waals surface area contributed by atoms with Gasteiger partial charge in [-0.1, -0.05) is 17.0 Å². The van der Waals surface area contributed by atoms with Crippen molar-refractivity contribution in [2.75, 3.05) is 0 Å². The number of benzene rings is 1. The van der Waals surface area contributed by atoms with Gasteiger partial charge >= 0.3 is 0 Å². The van der Waals surface area contributed by atoms with Crippen molar-refractivity contribution in [1.29, 1.82) is 0 Å². The number of nitrogens with zero attached hydrogens (tertiary/aromatic N) is 2. The molecule has 1 aromatic carbocycles. The van der Waals surface area contributed by atoms with Crippen molar-refractivity contribution in [1.82, 2.24) is 10.1 Å². The highest BCUT2D eigenvalue weighted by atomic mass is 16.5. The number of para-hydroxylation sites is 1. The summed E-state index contributed by atoms with van der Waals surface area (Å²) in [6.07, 6.45) is 3.35. The van der Waals surface area contributed by atoms with Gasteiger partial charge in [-0.2, -0.15) is 5.10 Å². The molecular weight excluding hydrogens is 178 g/mol. The van der Waals surface area contributed by atoms with Gasteiger partial charge in [-0.05, 0) is 12.1 Å². The summed E-state index contributed by atoms with van der Waals surface area (Å²) < 4.78 is 0. The second kappa shape index (κ2) is 2.45. The van der Waals surface area contributed by atoms with Gasteiger partial charge in [-0.25, -0.2) is 0 Å². The molecule has 0 bridgehead atoms. The van der Waals surface area contributed by atoms with E-state index in [2.05, 4.69) is 10.1 Å². The number of aromatic amines is 1. The molecule has 0 radical (unpaired) electrons. The Balaban J connectivity index is 2.65. The van der Waals surface area contributed by atoms with Crippen molar-refractivity contribution in [2.24, 2.45) is 0 Å². The number of nitrogens with one attached hydrogen (secondary N) is 1. The molecule has 0 aliphatic rings. The van der Waals surface area contributed by atoms with Gasteiger partial charge in [0, 0.05) is 6.20 Å². The maximum atomic E-state index is 11.4. The van der Waals surface area contributed by atoms with Crippen LogP contribution in [0.25, 0.3) is 21.8 Å². The summed E-state index contributed by atoms with van der Waals surface area (Å²) in [4.78, 5) is 5.01. The third-order valence-electron chi connectivity index (χ3n) is 2.32. The number of rotatable bonds is 0. The van der Waals surface area contributed by atoms with E-state index < -0.39 is 0 Å².